The van der Waals surface area contributed by atoms with Gasteiger partial charge in [0.15, 0.2) is 0 Å². The van der Waals surface area contributed by atoms with E-state index in [1.54, 1.807) is 0 Å². The molecule has 0 heterocycles. The van der Waals surface area contributed by atoms with Gasteiger partial charge in [0, 0.05) is 0 Å². The molecule has 3 N–H and O–H groups in total. The van der Waals surface area contributed by atoms with Crippen LogP contribution in [0, 0.1) is 6.92 Å². The van der Waals surface area contributed by atoms with E-state index in [1.807, 2.05) is 68.4 Å². The largest absolute Gasteiger partial charge is 0.489 e. The Morgan fingerprint density at radius 3 is 2.38 bits per heavy atom. The molecule has 1 unspecified atom stereocenters. The first kappa shape index (κ1) is 20.0. The number of halogens is 1. The van der Waals surface area contributed by atoms with Crippen LogP contribution in [-0.4, -0.2) is 24.6 Å². The predicted octanol–water partition coefficient (Wildman–Crippen LogP) is 2.87. The summed E-state index contributed by atoms with van der Waals surface area (Å²) in [6.45, 7) is 4.37. The minimum atomic E-state index is -0.552. The van der Waals surface area contributed by atoms with E-state index in [-0.39, 0.29) is 24.4 Å². The minimum Gasteiger partial charge on any atom is -0.489 e. The van der Waals surface area contributed by atoms with E-state index < -0.39 is 6.04 Å². The predicted molar refractivity (Wildman–Crippen MR) is 99.6 cm³/mol. The van der Waals surface area contributed by atoms with Gasteiger partial charge in [0.2, 0.25) is 5.91 Å². The van der Waals surface area contributed by atoms with E-state index >= 15 is 0 Å². The van der Waals surface area contributed by atoms with E-state index in [1.165, 1.54) is 5.56 Å². The van der Waals surface area contributed by atoms with Crippen LogP contribution in [0.3, 0.4) is 0 Å². The highest BCUT2D eigenvalue weighted by atomic mass is 35.5. The average Bonchev–Trinajstić information content (AvgIpc) is 2.55. The molecule has 0 saturated carbocycles. The summed E-state index contributed by atoms with van der Waals surface area (Å²) < 4.78 is 5.76. The molecular weight excluding hydrogens is 324 g/mol. The van der Waals surface area contributed by atoms with Crippen LogP contribution >= 0.6 is 12.4 Å². The molecule has 0 spiro atoms. The zero-order valence-corrected chi connectivity index (χ0v) is 14.9. The number of nitrogens with one attached hydrogen (secondary N) is 1. The van der Waals surface area contributed by atoms with Gasteiger partial charge < -0.3 is 15.8 Å². The fourth-order valence-corrected chi connectivity index (χ4v) is 2.23. The van der Waals surface area contributed by atoms with E-state index in [0.717, 1.165) is 11.3 Å². The van der Waals surface area contributed by atoms with Crippen molar-refractivity contribution in [2.75, 3.05) is 6.54 Å². The number of benzene rings is 2. The van der Waals surface area contributed by atoms with Crippen LogP contribution in [0.5, 0.6) is 5.75 Å². The highest BCUT2D eigenvalue weighted by molar-refractivity contribution is 5.85. The highest BCUT2D eigenvalue weighted by Crippen LogP contribution is 2.13. The van der Waals surface area contributed by atoms with Crippen molar-refractivity contribution < 1.29 is 9.53 Å². The number of ether oxygens (including phenoxy) is 1. The van der Waals surface area contributed by atoms with Gasteiger partial charge in [0.1, 0.15) is 11.9 Å². The van der Waals surface area contributed by atoms with Gasteiger partial charge in [-0.1, -0.05) is 48.0 Å². The molecule has 24 heavy (non-hydrogen) atoms. The van der Waals surface area contributed by atoms with Crippen molar-refractivity contribution in [3.05, 3.63) is 65.7 Å². The Kier molecular flexibility index (Phi) is 8.30. The van der Waals surface area contributed by atoms with Crippen molar-refractivity contribution in [2.24, 2.45) is 5.73 Å². The third-order valence-corrected chi connectivity index (χ3v) is 3.56. The maximum atomic E-state index is 12.1. The Bertz CT molecular complexity index is 617. The number of aryl methyl sites for hydroxylation is 1. The van der Waals surface area contributed by atoms with Crippen LogP contribution in [-0.2, 0) is 11.2 Å². The Balaban J connectivity index is 0.00000288. The summed E-state index contributed by atoms with van der Waals surface area (Å²) in [4.78, 5) is 12.1. The van der Waals surface area contributed by atoms with Gasteiger partial charge in [0.05, 0.1) is 12.6 Å². The third kappa shape index (κ3) is 6.60. The number of amides is 1. The number of nitrogens with two attached hydrogens (primary N) is 1. The number of rotatable bonds is 7. The van der Waals surface area contributed by atoms with Gasteiger partial charge in [-0.05, 0) is 38.0 Å². The maximum absolute atomic E-state index is 12.1. The molecule has 0 bridgehead atoms. The van der Waals surface area contributed by atoms with Crippen LogP contribution < -0.4 is 15.8 Å². The molecular formula is C19H25ClN2O2. The van der Waals surface area contributed by atoms with Crippen molar-refractivity contribution in [3.63, 3.8) is 0 Å². The fraction of sp³-hybridized carbons (Fsp3) is 0.316. The van der Waals surface area contributed by atoms with Gasteiger partial charge in [0.25, 0.3) is 0 Å². The molecule has 0 aromatic heterocycles. The lowest BCUT2D eigenvalue weighted by Crippen LogP contribution is -2.45. The Hall–Kier alpha value is -2.04. The Labute approximate surface area is 149 Å². The summed E-state index contributed by atoms with van der Waals surface area (Å²) in [6, 6.07) is 17.1. The summed E-state index contributed by atoms with van der Waals surface area (Å²) in [5.74, 6) is 0.638. The molecule has 1 amide bonds. The molecule has 4 nitrogen and oxygen atoms in total. The van der Waals surface area contributed by atoms with Gasteiger partial charge in [-0.15, -0.1) is 12.4 Å². The first-order valence-corrected chi connectivity index (χ1v) is 7.85. The second kappa shape index (κ2) is 9.96. The molecule has 0 aliphatic heterocycles. The lowest BCUT2D eigenvalue weighted by molar-refractivity contribution is -0.122. The minimum absolute atomic E-state index is 0. The molecule has 0 fully saturated rings. The average molecular weight is 349 g/mol. The second-order valence-electron chi connectivity index (χ2n) is 5.78. The summed E-state index contributed by atoms with van der Waals surface area (Å²) in [5.41, 5.74) is 8.19. The zero-order valence-electron chi connectivity index (χ0n) is 14.1. The molecule has 0 aliphatic carbocycles. The monoisotopic (exact) mass is 348 g/mol. The van der Waals surface area contributed by atoms with Gasteiger partial charge >= 0.3 is 0 Å². The topological polar surface area (TPSA) is 64.3 Å². The molecule has 5 heteroatoms. The summed E-state index contributed by atoms with van der Waals surface area (Å²) in [5, 5.41) is 2.85. The molecule has 130 valence electrons. The smallest absolute Gasteiger partial charge is 0.237 e. The second-order valence-corrected chi connectivity index (χ2v) is 5.78. The van der Waals surface area contributed by atoms with Crippen LogP contribution in [0.25, 0.3) is 0 Å². The standard InChI is InChI=1S/C19H24N2O2.ClH/c1-14-8-10-17(11-9-14)23-15(2)13-21-19(22)18(20)12-16-6-4-3-5-7-16;/h3-11,15,18H,12-13,20H2,1-2H3,(H,21,22);1H/t15?,18-;/m0./s1. The van der Waals surface area contributed by atoms with Crippen molar-refractivity contribution in [1.29, 1.82) is 0 Å². The van der Waals surface area contributed by atoms with Crippen molar-refractivity contribution in [2.45, 2.75) is 32.4 Å². The van der Waals surface area contributed by atoms with Gasteiger partial charge in [-0.3, -0.25) is 4.79 Å². The number of hydrogen-bond donors (Lipinski definition) is 2. The van der Waals surface area contributed by atoms with Crippen molar-refractivity contribution in [1.82, 2.24) is 5.32 Å². The van der Waals surface area contributed by atoms with Crippen LogP contribution in [0.1, 0.15) is 18.1 Å². The molecule has 0 saturated heterocycles. The first-order valence-electron chi connectivity index (χ1n) is 7.85. The quantitative estimate of drug-likeness (QED) is 0.808. The molecule has 0 radical (unpaired) electrons. The lowest BCUT2D eigenvalue weighted by Gasteiger charge is -2.17. The molecule has 2 aromatic rings. The number of carbonyl (C=O) groups excluding carboxylic acids is 1. The van der Waals surface area contributed by atoms with Crippen LogP contribution in [0.15, 0.2) is 54.6 Å². The molecule has 2 atom stereocenters. The summed E-state index contributed by atoms with van der Waals surface area (Å²) in [7, 11) is 0. The molecule has 0 aliphatic rings. The van der Waals surface area contributed by atoms with Crippen LogP contribution in [0.4, 0.5) is 0 Å². The van der Waals surface area contributed by atoms with E-state index in [9.17, 15) is 4.79 Å². The fourth-order valence-electron chi connectivity index (χ4n) is 2.23. The van der Waals surface area contributed by atoms with E-state index in [0.29, 0.717) is 13.0 Å². The number of carbonyl (C=O) groups is 1. The lowest BCUT2D eigenvalue weighted by atomic mass is 10.1. The maximum Gasteiger partial charge on any atom is 0.237 e. The van der Waals surface area contributed by atoms with Crippen molar-refractivity contribution in [3.8, 4) is 5.75 Å². The van der Waals surface area contributed by atoms with E-state index in [2.05, 4.69) is 5.32 Å². The molecule has 2 rings (SSSR count). The normalized spacial score (nSPS) is 12.6. The SMILES string of the molecule is Cc1ccc(OC(C)CNC(=O)[C@@H](N)Cc2ccccc2)cc1.Cl. The Morgan fingerprint density at radius 1 is 1.12 bits per heavy atom. The Morgan fingerprint density at radius 2 is 1.75 bits per heavy atom. The van der Waals surface area contributed by atoms with Crippen LogP contribution in [0.2, 0.25) is 0 Å². The van der Waals surface area contributed by atoms with Gasteiger partial charge in [-0.2, -0.15) is 0 Å². The highest BCUT2D eigenvalue weighted by Gasteiger charge is 2.15. The first-order chi connectivity index (χ1) is 11.0. The third-order valence-electron chi connectivity index (χ3n) is 3.56. The van der Waals surface area contributed by atoms with E-state index in [4.69, 9.17) is 10.5 Å². The zero-order chi connectivity index (χ0) is 16.7. The summed E-state index contributed by atoms with van der Waals surface area (Å²) in [6.07, 6.45) is 0.408. The van der Waals surface area contributed by atoms with Crippen molar-refractivity contribution >= 4 is 18.3 Å². The number of hydrogen-bond acceptors (Lipinski definition) is 3. The molecule has 2 aromatic carbocycles. The van der Waals surface area contributed by atoms with Gasteiger partial charge in [-0.25, -0.2) is 0 Å². The summed E-state index contributed by atoms with van der Waals surface area (Å²) >= 11 is 0.